The van der Waals surface area contributed by atoms with Gasteiger partial charge in [0.2, 0.25) is 0 Å². The second-order valence-corrected chi connectivity index (χ2v) is 7.27. The second-order valence-electron chi connectivity index (χ2n) is 7.27. The van der Waals surface area contributed by atoms with Crippen LogP contribution in [0.5, 0.6) is 0 Å². The monoisotopic (exact) mass is 259 g/mol. The Bertz CT molecular complexity index is 477. The number of Topliss-reactive ketones (excluding diaryl/α,β-unsaturated/α-hetero) is 1. The van der Waals surface area contributed by atoms with Crippen LogP contribution < -0.4 is 0 Å². The van der Waals surface area contributed by atoms with E-state index in [1.807, 2.05) is 0 Å². The molecule has 0 spiro atoms. The number of hydrogen-bond acceptors (Lipinski definition) is 1. The zero-order valence-corrected chi connectivity index (χ0v) is 12.2. The van der Waals surface area contributed by atoms with Crippen molar-refractivity contribution >= 4 is 5.78 Å². The molecule has 0 bridgehead atoms. The molecular formula is C17H25NO. The lowest BCUT2D eigenvalue weighted by Gasteiger charge is -2.31. The highest BCUT2D eigenvalue weighted by atomic mass is 16.1. The number of nitrogens with zero attached hydrogens (tertiary/aromatic N) is 1. The molecular weight excluding hydrogens is 234 g/mol. The predicted molar refractivity (Wildman–Crippen MR) is 77.4 cm³/mol. The summed E-state index contributed by atoms with van der Waals surface area (Å²) in [6.07, 6.45) is 10.8. The molecule has 1 aromatic heterocycles. The van der Waals surface area contributed by atoms with Crippen LogP contribution in [0, 0.1) is 11.3 Å². The third-order valence-corrected chi connectivity index (χ3v) is 4.84. The SMILES string of the molecule is CC1(C)CC(=O)c2ccn(CC3CCCCC3)c2C1. The number of carbonyl (C=O) groups excluding carboxylic acids is 1. The average Bonchev–Trinajstić information content (AvgIpc) is 2.72. The van der Waals surface area contributed by atoms with Gasteiger partial charge in [-0.3, -0.25) is 4.79 Å². The topological polar surface area (TPSA) is 22.0 Å². The molecule has 0 N–H and O–H groups in total. The Morgan fingerprint density at radius 1 is 1.21 bits per heavy atom. The average molecular weight is 259 g/mol. The molecule has 19 heavy (non-hydrogen) atoms. The van der Waals surface area contributed by atoms with Crippen LogP contribution in [0.1, 0.15) is 68.4 Å². The molecule has 0 radical (unpaired) electrons. The summed E-state index contributed by atoms with van der Waals surface area (Å²) >= 11 is 0. The van der Waals surface area contributed by atoms with Crippen molar-refractivity contribution < 1.29 is 4.79 Å². The van der Waals surface area contributed by atoms with Crippen molar-refractivity contribution in [3.8, 4) is 0 Å². The number of aromatic nitrogens is 1. The van der Waals surface area contributed by atoms with E-state index in [1.54, 1.807) is 0 Å². The maximum atomic E-state index is 12.2. The maximum Gasteiger partial charge on any atom is 0.165 e. The summed E-state index contributed by atoms with van der Waals surface area (Å²) in [6, 6.07) is 2.05. The van der Waals surface area contributed by atoms with E-state index in [0.29, 0.717) is 12.2 Å². The van der Waals surface area contributed by atoms with Gasteiger partial charge in [0.1, 0.15) is 0 Å². The Labute approximate surface area is 116 Å². The highest BCUT2D eigenvalue weighted by Gasteiger charge is 2.33. The van der Waals surface area contributed by atoms with E-state index in [-0.39, 0.29) is 5.41 Å². The standard InChI is InChI=1S/C17H25NO/c1-17(2)10-15-14(16(19)11-17)8-9-18(15)12-13-6-4-3-5-7-13/h8-9,13H,3-7,10-12H2,1-2H3. The number of ketones is 1. The second kappa shape index (κ2) is 4.81. The summed E-state index contributed by atoms with van der Waals surface area (Å²) in [4.78, 5) is 12.2. The van der Waals surface area contributed by atoms with Gasteiger partial charge in [-0.2, -0.15) is 0 Å². The lowest BCUT2D eigenvalue weighted by atomic mass is 9.76. The minimum atomic E-state index is 0.132. The van der Waals surface area contributed by atoms with Crippen LogP contribution in [0.25, 0.3) is 0 Å². The molecule has 0 saturated heterocycles. The van der Waals surface area contributed by atoms with E-state index in [0.717, 1.165) is 24.4 Å². The van der Waals surface area contributed by atoms with Gasteiger partial charge < -0.3 is 4.57 Å². The van der Waals surface area contributed by atoms with Crippen molar-refractivity contribution in [1.29, 1.82) is 0 Å². The van der Waals surface area contributed by atoms with Gasteiger partial charge in [-0.05, 0) is 36.7 Å². The summed E-state index contributed by atoms with van der Waals surface area (Å²) in [7, 11) is 0. The molecule has 1 aromatic rings. The van der Waals surface area contributed by atoms with Crippen LogP contribution in [-0.2, 0) is 13.0 Å². The van der Waals surface area contributed by atoms with E-state index >= 15 is 0 Å². The molecule has 2 aliphatic carbocycles. The zero-order valence-electron chi connectivity index (χ0n) is 12.2. The largest absolute Gasteiger partial charge is 0.350 e. The predicted octanol–water partition coefficient (Wildman–Crippen LogP) is 4.22. The van der Waals surface area contributed by atoms with Gasteiger partial charge >= 0.3 is 0 Å². The minimum Gasteiger partial charge on any atom is -0.350 e. The fraction of sp³-hybridized carbons (Fsp3) is 0.706. The van der Waals surface area contributed by atoms with E-state index in [1.165, 1.54) is 37.8 Å². The minimum absolute atomic E-state index is 0.132. The van der Waals surface area contributed by atoms with Gasteiger partial charge in [0.05, 0.1) is 0 Å². The molecule has 0 unspecified atom stereocenters. The number of carbonyl (C=O) groups is 1. The first-order valence-electron chi connectivity index (χ1n) is 7.76. The van der Waals surface area contributed by atoms with Crippen LogP contribution in [-0.4, -0.2) is 10.4 Å². The summed E-state index contributed by atoms with van der Waals surface area (Å²) in [5, 5.41) is 0. The normalized spacial score (nSPS) is 23.4. The Morgan fingerprint density at radius 3 is 2.68 bits per heavy atom. The lowest BCUT2D eigenvalue weighted by molar-refractivity contribution is 0.0909. The third kappa shape index (κ3) is 2.63. The Hall–Kier alpha value is -1.05. The van der Waals surface area contributed by atoms with Crippen molar-refractivity contribution in [2.75, 3.05) is 0 Å². The number of hydrogen-bond donors (Lipinski definition) is 0. The van der Waals surface area contributed by atoms with Crippen LogP contribution in [0.3, 0.4) is 0 Å². The van der Waals surface area contributed by atoms with Crippen molar-refractivity contribution in [2.45, 2.75) is 65.3 Å². The fourth-order valence-electron chi connectivity index (χ4n) is 3.82. The molecule has 2 heteroatoms. The molecule has 104 valence electrons. The van der Waals surface area contributed by atoms with E-state index in [2.05, 4.69) is 30.7 Å². The third-order valence-electron chi connectivity index (χ3n) is 4.84. The molecule has 0 aliphatic heterocycles. The number of fused-ring (bicyclic) bond motifs is 1. The van der Waals surface area contributed by atoms with Crippen LogP contribution >= 0.6 is 0 Å². The molecule has 0 amide bonds. The first kappa shape index (κ1) is 13.0. The van der Waals surface area contributed by atoms with E-state index in [9.17, 15) is 4.79 Å². The van der Waals surface area contributed by atoms with Gasteiger partial charge in [0.25, 0.3) is 0 Å². The van der Waals surface area contributed by atoms with Crippen LogP contribution in [0.2, 0.25) is 0 Å². The van der Waals surface area contributed by atoms with Crippen LogP contribution in [0.15, 0.2) is 12.3 Å². The van der Waals surface area contributed by atoms with Gasteiger partial charge in [-0.15, -0.1) is 0 Å². The molecule has 3 rings (SSSR count). The van der Waals surface area contributed by atoms with Gasteiger partial charge in [-0.1, -0.05) is 33.1 Å². The molecule has 2 aliphatic rings. The summed E-state index contributed by atoms with van der Waals surface area (Å²) in [6.45, 7) is 5.55. The smallest absolute Gasteiger partial charge is 0.165 e. The summed E-state index contributed by atoms with van der Waals surface area (Å²) in [5.74, 6) is 1.17. The molecule has 1 saturated carbocycles. The highest BCUT2D eigenvalue weighted by molar-refractivity contribution is 5.98. The van der Waals surface area contributed by atoms with E-state index in [4.69, 9.17) is 0 Å². The fourth-order valence-corrected chi connectivity index (χ4v) is 3.82. The van der Waals surface area contributed by atoms with E-state index < -0.39 is 0 Å². The summed E-state index contributed by atoms with van der Waals surface area (Å²) < 4.78 is 2.38. The first-order valence-corrected chi connectivity index (χ1v) is 7.76. The van der Waals surface area contributed by atoms with Crippen LogP contribution in [0.4, 0.5) is 0 Å². The van der Waals surface area contributed by atoms with Crippen molar-refractivity contribution in [3.63, 3.8) is 0 Å². The van der Waals surface area contributed by atoms with Gasteiger partial charge in [0, 0.05) is 30.4 Å². The molecule has 1 fully saturated rings. The summed E-state index contributed by atoms with van der Waals surface area (Å²) in [5.41, 5.74) is 2.43. The molecule has 0 atom stereocenters. The zero-order chi connectivity index (χ0) is 13.5. The van der Waals surface area contributed by atoms with Gasteiger partial charge in [0.15, 0.2) is 5.78 Å². The lowest BCUT2D eigenvalue weighted by Crippen LogP contribution is -2.28. The van der Waals surface area contributed by atoms with Gasteiger partial charge in [-0.25, -0.2) is 0 Å². The van der Waals surface area contributed by atoms with Crippen molar-refractivity contribution in [3.05, 3.63) is 23.5 Å². The Balaban J connectivity index is 1.82. The quantitative estimate of drug-likeness (QED) is 0.779. The molecule has 1 heterocycles. The molecule has 0 aromatic carbocycles. The highest BCUT2D eigenvalue weighted by Crippen LogP contribution is 2.36. The van der Waals surface area contributed by atoms with Crippen molar-refractivity contribution in [2.24, 2.45) is 11.3 Å². The van der Waals surface area contributed by atoms with Crippen molar-refractivity contribution in [1.82, 2.24) is 4.57 Å². The Morgan fingerprint density at radius 2 is 1.95 bits per heavy atom. The molecule has 2 nitrogen and oxygen atoms in total. The maximum absolute atomic E-state index is 12.2. The first-order chi connectivity index (χ1) is 9.05. The number of rotatable bonds is 2. The Kier molecular flexibility index (Phi) is 3.28.